The Kier molecular flexibility index (Phi) is 6.63. The van der Waals surface area contributed by atoms with Crippen LogP contribution in [0.15, 0.2) is 42.7 Å². The summed E-state index contributed by atoms with van der Waals surface area (Å²) in [5, 5.41) is 5.89. The van der Waals surface area contributed by atoms with Crippen LogP contribution in [-0.2, 0) is 11.3 Å². The van der Waals surface area contributed by atoms with E-state index in [-0.39, 0.29) is 17.7 Å². The van der Waals surface area contributed by atoms with E-state index in [2.05, 4.69) is 20.5 Å². The van der Waals surface area contributed by atoms with Gasteiger partial charge in [0.15, 0.2) is 0 Å². The monoisotopic (exact) mass is 380 g/mol. The standard InChI is InChI=1S/C22H28N4O2/c1-16(2)12-21(27)25-18-7-8-20(26-10-3-4-11-26)19(13-18)22(28)24-15-17-6-5-9-23-14-17/h5-9,13-14,16H,3-4,10-12,15H2,1-2H3,(H,24,28)(H,25,27). The minimum absolute atomic E-state index is 0.0364. The Morgan fingerprint density at radius 1 is 1.18 bits per heavy atom. The molecule has 148 valence electrons. The second kappa shape index (κ2) is 9.35. The molecule has 1 aromatic carbocycles. The predicted molar refractivity (Wildman–Crippen MR) is 111 cm³/mol. The molecular formula is C22H28N4O2. The van der Waals surface area contributed by atoms with Gasteiger partial charge in [-0.15, -0.1) is 0 Å². The maximum atomic E-state index is 12.9. The van der Waals surface area contributed by atoms with Gasteiger partial charge in [-0.2, -0.15) is 0 Å². The number of nitrogens with zero attached hydrogens (tertiary/aromatic N) is 2. The predicted octanol–water partition coefficient (Wildman–Crippen LogP) is 3.60. The van der Waals surface area contributed by atoms with Gasteiger partial charge in [-0.3, -0.25) is 14.6 Å². The van der Waals surface area contributed by atoms with Gasteiger partial charge in [0.05, 0.1) is 5.56 Å². The van der Waals surface area contributed by atoms with E-state index >= 15 is 0 Å². The molecule has 28 heavy (non-hydrogen) atoms. The lowest BCUT2D eigenvalue weighted by atomic mass is 10.1. The fraction of sp³-hybridized carbons (Fsp3) is 0.409. The van der Waals surface area contributed by atoms with Crippen LogP contribution in [0.2, 0.25) is 0 Å². The fourth-order valence-corrected chi connectivity index (χ4v) is 3.39. The molecule has 0 aliphatic carbocycles. The number of rotatable bonds is 7. The summed E-state index contributed by atoms with van der Waals surface area (Å²) in [6, 6.07) is 9.38. The second-order valence-corrected chi connectivity index (χ2v) is 7.62. The molecule has 0 unspecified atom stereocenters. The van der Waals surface area contributed by atoms with Crippen molar-refractivity contribution in [3.63, 3.8) is 0 Å². The number of carbonyl (C=O) groups excluding carboxylic acids is 2. The molecule has 1 aromatic heterocycles. The Labute approximate surface area is 166 Å². The summed E-state index contributed by atoms with van der Waals surface area (Å²) in [5.41, 5.74) is 3.11. The zero-order valence-electron chi connectivity index (χ0n) is 16.6. The first-order valence-electron chi connectivity index (χ1n) is 9.89. The first kappa shape index (κ1) is 19.9. The fourth-order valence-electron chi connectivity index (χ4n) is 3.39. The number of anilines is 2. The molecule has 1 aliphatic heterocycles. The number of nitrogens with one attached hydrogen (secondary N) is 2. The molecule has 0 spiro atoms. The van der Waals surface area contributed by atoms with Gasteiger partial charge in [0, 0.05) is 49.8 Å². The third-order valence-corrected chi connectivity index (χ3v) is 4.74. The van der Waals surface area contributed by atoms with Crippen LogP contribution >= 0.6 is 0 Å². The summed E-state index contributed by atoms with van der Waals surface area (Å²) in [5.74, 6) is 0.0995. The minimum Gasteiger partial charge on any atom is -0.371 e. The summed E-state index contributed by atoms with van der Waals surface area (Å²) >= 11 is 0. The van der Waals surface area contributed by atoms with E-state index in [4.69, 9.17) is 0 Å². The zero-order valence-corrected chi connectivity index (χ0v) is 16.6. The number of carbonyl (C=O) groups is 2. The van der Waals surface area contributed by atoms with Gasteiger partial charge >= 0.3 is 0 Å². The first-order chi connectivity index (χ1) is 13.5. The van der Waals surface area contributed by atoms with Crippen molar-refractivity contribution in [2.75, 3.05) is 23.3 Å². The Morgan fingerprint density at radius 2 is 1.96 bits per heavy atom. The molecule has 0 saturated carbocycles. The van der Waals surface area contributed by atoms with Crippen molar-refractivity contribution in [2.45, 2.75) is 39.7 Å². The Bertz CT molecular complexity index is 815. The molecule has 2 amide bonds. The molecular weight excluding hydrogens is 352 g/mol. The zero-order chi connectivity index (χ0) is 19.9. The minimum atomic E-state index is -0.147. The van der Waals surface area contributed by atoms with Gasteiger partial charge in [0.2, 0.25) is 5.91 Å². The largest absolute Gasteiger partial charge is 0.371 e. The summed E-state index contributed by atoms with van der Waals surface area (Å²) in [6.45, 7) is 6.32. The van der Waals surface area contributed by atoms with Gasteiger partial charge in [-0.05, 0) is 48.6 Å². The molecule has 0 radical (unpaired) electrons. The van der Waals surface area contributed by atoms with Crippen LogP contribution in [0, 0.1) is 5.92 Å². The Balaban J connectivity index is 1.79. The topological polar surface area (TPSA) is 74.3 Å². The lowest BCUT2D eigenvalue weighted by Crippen LogP contribution is -2.27. The Morgan fingerprint density at radius 3 is 2.64 bits per heavy atom. The van der Waals surface area contributed by atoms with Gasteiger partial charge in [-0.25, -0.2) is 0 Å². The van der Waals surface area contributed by atoms with Crippen molar-refractivity contribution in [2.24, 2.45) is 5.92 Å². The first-order valence-corrected chi connectivity index (χ1v) is 9.89. The van der Waals surface area contributed by atoms with E-state index in [0.717, 1.165) is 37.2 Å². The normalized spacial score (nSPS) is 13.6. The maximum absolute atomic E-state index is 12.9. The molecule has 1 saturated heterocycles. The van der Waals surface area contributed by atoms with Crippen molar-refractivity contribution in [3.8, 4) is 0 Å². The lowest BCUT2D eigenvalue weighted by Gasteiger charge is -2.22. The van der Waals surface area contributed by atoms with E-state index in [1.165, 1.54) is 0 Å². The number of hydrogen-bond acceptors (Lipinski definition) is 4. The molecule has 6 heteroatoms. The molecule has 1 fully saturated rings. The molecule has 1 aliphatic rings. The van der Waals surface area contributed by atoms with Gasteiger partial charge in [0.1, 0.15) is 0 Å². The molecule has 2 N–H and O–H groups in total. The SMILES string of the molecule is CC(C)CC(=O)Nc1ccc(N2CCCC2)c(C(=O)NCc2cccnc2)c1. The van der Waals surface area contributed by atoms with E-state index < -0.39 is 0 Å². The van der Waals surface area contributed by atoms with Crippen molar-refractivity contribution < 1.29 is 9.59 Å². The van der Waals surface area contributed by atoms with Gasteiger partial charge in [-0.1, -0.05) is 19.9 Å². The van der Waals surface area contributed by atoms with E-state index in [0.29, 0.717) is 24.2 Å². The van der Waals surface area contributed by atoms with E-state index in [9.17, 15) is 9.59 Å². The van der Waals surface area contributed by atoms with Crippen molar-refractivity contribution in [3.05, 3.63) is 53.9 Å². The van der Waals surface area contributed by atoms with E-state index in [1.54, 1.807) is 18.5 Å². The number of aromatic nitrogens is 1. The van der Waals surface area contributed by atoms with Crippen molar-refractivity contribution in [1.82, 2.24) is 10.3 Å². The number of benzene rings is 1. The summed E-state index contributed by atoms with van der Waals surface area (Å²) in [4.78, 5) is 31.4. The molecule has 2 heterocycles. The van der Waals surface area contributed by atoms with Crippen molar-refractivity contribution in [1.29, 1.82) is 0 Å². The highest BCUT2D eigenvalue weighted by molar-refractivity contribution is 6.02. The maximum Gasteiger partial charge on any atom is 0.253 e. The molecule has 6 nitrogen and oxygen atoms in total. The smallest absolute Gasteiger partial charge is 0.253 e. The number of amides is 2. The van der Waals surface area contributed by atoms with E-state index in [1.807, 2.05) is 38.1 Å². The quantitative estimate of drug-likeness (QED) is 0.770. The lowest BCUT2D eigenvalue weighted by molar-refractivity contribution is -0.116. The average Bonchev–Trinajstić information content (AvgIpc) is 3.21. The van der Waals surface area contributed by atoms with Crippen LogP contribution < -0.4 is 15.5 Å². The van der Waals surface area contributed by atoms with Crippen LogP contribution in [0.5, 0.6) is 0 Å². The molecule has 0 bridgehead atoms. The van der Waals surface area contributed by atoms with Crippen LogP contribution in [0.3, 0.4) is 0 Å². The summed E-state index contributed by atoms with van der Waals surface area (Å²) < 4.78 is 0. The number of hydrogen-bond donors (Lipinski definition) is 2. The van der Waals surface area contributed by atoms with Crippen LogP contribution in [0.25, 0.3) is 0 Å². The third-order valence-electron chi connectivity index (χ3n) is 4.74. The summed E-state index contributed by atoms with van der Waals surface area (Å²) in [6.07, 6.45) is 6.16. The van der Waals surface area contributed by atoms with Crippen LogP contribution in [0.1, 0.15) is 49.0 Å². The van der Waals surface area contributed by atoms with Crippen molar-refractivity contribution >= 4 is 23.2 Å². The molecule has 2 aromatic rings. The highest BCUT2D eigenvalue weighted by Crippen LogP contribution is 2.28. The average molecular weight is 380 g/mol. The van der Waals surface area contributed by atoms with Crippen LogP contribution in [0.4, 0.5) is 11.4 Å². The summed E-state index contributed by atoms with van der Waals surface area (Å²) in [7, 11) is 0. The Hall–Kier alpha value is -2.89. The highest BCUT2D eigenvalue weighted by atomic mass is 16.2. The van der Waals surface area contributed by atoms with Gasteiger partial charge < -0.3 is 15.5 Å². The highest BCUT2D eigenvalue weighted by Gasteiger charge is 2.20. The molecule has 0 atom stereocenters. The molecule has 3 rings (SSSR count). The van der Waals surface area contributed by atoms with Crippen LogP contribution in [-0.4, -0.2) is 29.9 Å². The second-order valence-electron chi connectivity index (χ2n) is 7.62. The number of pyridine rings is 1. The third kappa shape index (κ3) is 5.31. The van der Waals surface area contributed by atoms with Gasteiger partial charge in [0.25, 0.3) is 5.91 Å².